The van der Waals surface area contributed by atoms with E-state index in [0.717, 1.165) is 0 Å². The van der Waals surface area contributed by atoms with E-state index in [0.29, 0.717) is 16.4 Å². The zero-order valence-electron chi connectivity index (χ0n) is 15.3. The van der Waals surface area contributed by atoms with Crippen molar-refractivity contribution in [3.05, 3.63) is 75.3 Å². The van der Waals surface area contributed by atoms with Crippen LogP contribution >= 0.6 is 23.2 Å². The van der Waals surface area contributed by atoms with Crippen LogP contribution in [0.25, 0.3) is 5.69 Å². The molecule has 0 bridgehead atoms. The standard InChI is InChI=1S/C19H15Cl2FN4O3/c1-10-16(17(21)26(25-10)13-6-4-12(22)5-7-13)19(28)24-23-18(27)14-8-3-11(20)9-15(14)29-2/h3-9H,1-2H3,(H,23,27)(H,24,28). The van der Waals surface area contributed by atoms with Crippen LogP contribution in [-0.4, -0.2) is 28.7 Å². The van der Waals surface area contributed by atoms with E-state index >= 15 is 0 Å². The van der Waals surface area contributed by atoms with Gasteiger partial charge in [0.25, 0.3) is 11.8 Å². The largest absolute Gasteiger partial charge is 0.496 e. The fraction of sp³-hybridized carbons (Fsp3) is 0.105. The molecule has 0 radical (unpaired) electrons. The van der Waals surface area contributed by atoms with Crippen LogP contribution < -0.4 is 15.6 Å². The Hall–Kier alpha value is -3.10. The highest BCUT2D eigenvalue weighted by atomic mass is 35.5. The van der Waals surface area contributed by atoms with Crippen LogP contribution in [0.2, 0.25) is 10.2 Å². The van der Waals surface area contributed by atoms with Gasteiger partial charge in [-0.2, -0.15) is 5.10 Å². The van der Waals surface area contributed by atoms with E-state index in [1.807, 2.05) is 0 Å². The first-order chi connectivity index (χ1) is 13.8. The zero-order chi connectivity index (χ0) is 21.1. The lowest BCUT2D eigenvalue weighted by Crippen LogP contribution is -2.42. The van der Waals surface area contributed by atoms with Crippen LogP contribution in [0.5, 0.6) is 5.75 Å². The summed E-state index contributed by atoms with van der Waals surface area (Å²) in [5.74, 6) is -1.43. The first-order valence-corrected chi connectivity index (χ1v) is 9.02. The summed E-state index contributed by atoms with van der Waals surface area (Å²) in [5.41, 5.74) is 5.65. The van der Waals surface area contributed by atoms with Crippen molar-refractivity contribution >= 4 is 35.0 Å². The molecule has 1 heterocycles. The third kappa shape index (κ3) is 4.33. The SMILES string of the molecule is COc1cc(Cl)ccc1C(=O)NNC(=O)c1c(C)nn(-c2ccc(F)cc2)c1Cl. The normalized spacial score (nSPS) is 10.5. The Morgan fingerprint density at radius 2 is 1.72 bits per heavy atom. The number of ether oxygens (including phenoxy) is 1. The van der Waals surface area contributed by atoms with Crippen LogP contribution in [0.3, 0.4) is 0 Å². The number of methoxy groups -OCH3 is 1. The molecule has 3 rings (SSSR count). The minimum atomic E-state index is -0.665. The Morgan fingerprint density at radius 1 is 1.07 bits per heavy atom. The summed E-state index contributed by atoms with van der Waals surface area (Å²) in [6.07, 6.45) is 0. The quantitative estimate of drug-likeness (QED) is 0.610. The lowest BCUT2D eigenvalue weighted by Gasteiger charge is -2.10. The molecule has 2 aromatic carbocycles. The predicted molar refractivity (Wildman–Crippen MR) is 106 cm³/mol. The molecule has 0 aliphatic carbocycles. The van der Waals surface area contributed by atoms with Crippen molar-refractivity contribution in [2.24, 2.45) is 0 Å². The molecule has 29 heavy (non-hydrogen) atoms. The molecule has 0 saturated heterocycles. The summed E-state index contributed by atoms with van der Waals surface area (Å²) in [6.45, 7) is 1.59. The van der Waals surface area contributed by atoms with E-state index in [2.05, 4.69) is 16.0 Å². The molecule has 0 unspecified atom stereocenters. The van der Waals surface area contributed by atoms with Crippen LogP contribution in [-0.2, 0) is 0 Å². The Kier molecular flexibility index (Phi) is 6.05. The minimum absolute atomic E-state index is 0.0185. The van der Waals surface area contributed by atoms with Gasteiger partial charge in [-0.15, -0.1) is 0 Å². The van der Waals surface area contributed by atoms with E-state index in [4.69, 9.17) is 27.9 Å². The smallest absolute Gasteiger partial charge is 0.274 e. The van der Waals surface area contributed by atoms with Gasteiger partial charge in [-0.05, 0) is 49.4 Å². The summed E-state index contributed by atoms with van der Waals surface area (Å²) in [7, 11) is 1.40. The molecule has 7 nitrogen and oxygen atoms in total. The van der Waals surface area contributed by atoms with Crippen LogP contribution in [0, 0.1) is 12.7 Å². The highest BCUT2D eigenvalue weighted by Gasteiger charge is 2.22. The highest BCUT2D eigenvalue weighted by Crippen LogP contribution is 2.24. The van der Waals surface area contributed by atoms with Crippen LogP contribution in [0.15, 0.2) is 42.5 Å². The van der Waals surface area contributed by atoms with E-state index < -0.39 is 17.6 Å². The summed E-state index contributed by atoms with van der Waals surface area (Å²) in [6, 6.07) is 9.92. The van der Waals surface area contributed by atoms with Crippen molar-refractivity contribution in [1.29, 1.82) is 0 Å². The molecular formula is C19H15Cl2FN4O3. The van der Waals surface area contributed by atoms with Crippen LogP contribution in [0.1, 0.15) is 26.4 Å². The van der Waals surface area contributed by atoms with Gasteiger partial charge in [-0.25, -0.2) is 9.07 Å². The monoisotopic (exact) mass is 436 g/mol. The molecule has 0 saturated carbocycles. The lowest BCUT2D eigenvalue weighted by atomic mass is 10.2. The maximum absolute atomic E-state index is 13.1. The summed E-state index contributed by atoms with van der Waals surface area (Å²) >= 11 is 12.2. The number of hydrogen-bond donors (Lipinski definition) is 2. The summed E-state index contributed by atoms with van der Waals surface area (Å²) in [4.78, 5) is 24.9. The molecular weight excluding hydrogens is 422 g/mol. The fourth-order valence-electron chi connectivity index (χ4n) is 2.61. The maximum Gasteiger partial charge on any atom is 0.274 e. The third-order valence-corrected chi connectivity index (χ3v) is 4.58. The predicted octanol–water partition coefficient (Wildman–Crippen LogP) is 3.71. The number of amides is 2. The number of hydrogen-bond acceptors (Lipinski definition) is 4. The van der Waals surface area contributed by atoms with Gasteiger partial charge in [-0.1, -0.05) is 23.2 Å². The third-order valence-electron chi connectivity index (χ3n) is 4.00. The average Bonchev–Trinajstić information content (AvgIpc) is 3.00. The molecule has 0 fully saturated rings. The van der Waals surface area contributed by atoms with Crippen molar-refractivity contribution in [3.8, 4) is 11.4 Å². The molecule has 0 aliphatic rings. The minimum Gasteiger partial charge on any atom is -0.496 e. The van der Waals surface area contributed by atoms with Gasteiger partial charge in [0.15, 0.2) is 0 Å². The number of hydrazine groups is 1. The number of aryl methyl sites for hydroxylation is 1. The number of halogens is 3. The molecule has 1 aromatic heterocycles. The molecule has 2 N–H and O–H groups in total. The lowest BCUT2D eigenvalue weighted by molar-refractivity contribution is 0.0844. The maximum atomic E-state index is 13.1. The molecule has 2 amide bonds. The van der Waals surface area contributed by atoms with Crippen molar-refractivity contribution in [2.45, 2.75) is 6.92 Å². The molecule has 0 aliphatic heterocycles. The topological polar surface area (TPSA) is 85.2 Å². The van der Waals surface area contributed by atoms with Crippen LogP contribution in [0.4, 0.5) is 4.39 Å². The van der Waals surface area contributed by atoms with Crippen molar-refractivity contribution < 1.29 is 18.7 Å². The van der Waals surface area contributed by atoms with Crippen molar-refractivity contribution in [2.75, 3.05) is 7.11 Å². The van der Waals surface area contributed by atoms with Crippen molar-refractivity contribution in [3.63, 3.8) is 0 Å². The van der Waals surface area contributed by atoms with Gasteiger partial charge in [0.05, 0.1) is 24.1 Å². The van der Waals surface area contributed by atoms with Gasteiger partial charge in [0, 0.05) is 5.02 Å². The molecule has 0 atom stereocenters. The zero-order valence-corrected chi connectivity index (χ0v) is 16.8. The molecule has 0 spiro atoms. The van der Waals surface area contributed by atoms with Gasteiger partial charge in [-0.3, -0.25) is 20.4 Å². The average molecular weight is 437 g/mol. The fourth-order valence-corrected chi connectivity index (χ4v) is 3.13. The second-order valence-corrected chi connectivity index (χ2v) is 6.69. The number of carbonyl (C=O) groups excluding carboxylic acids is 2. The second kappa shape index (κ2) is 8.50. The number of aromatic nitrogens is 2. The Balaban J connectivity index is 1.78. The molecule has 10 heteroatoms. The first kappa shape index (κ1) is 20.6. The van der Waals surface area contributed by atoms with E-state index in [1.54, 1.807) is 6.92 Å². The Labute approximate surface area is 175 Å². The second-order valence-electron chi connectivity index (χ2n) is 5.89. The highest BCUT2D eigenvalue weighted by molar-refractivity contribution is 6.33. The first-order valence-electron chi connectivity index (χ1n) is 8.27. The van der Waals surface area contributed by atoms with E-state index in [9.17, 15) is 14.0 Å². The van der Waals surface area contributed by atoms with E-state index in [-0.39, 0.29) is 22.0 Å². The summed E-state index contributed by atoms with van der Waals surface area (Å²) in [5, 5.41) is 4.63. The van der Waals surface area contributed by atoms with Gasteiger partial charge in [0.2, 0.25) is 0 Å². The van der Waals surface area contributed by atoms with Gasteiger partial charge in [0.1, 0.15) is 22.3 Å². The summed E-state index contributed by atoms with van der Waals surface area (Å²) < 4.78 is 19.5. The number of nitrogens with one attached hydrogen (secondary N) is 2. The Bertz CT molecular complexity index is 1080. The molecule has 3 aromatic rings. The van der Waals surface area contributed by atoms with Gasteiger partial charge >= 0.3 is 0 Å². The number of rotatable bonds is 4. The number of carbonyl (C=O) groups is 2. The van der Waals surface area contributed by atoms with E-state index in [1.165, 1.54) is 54.3 Å². The molecule has 150 valence electrons. The van der Waals surface area contributed by atoms with Crippen molar-refractivity contribution in [1.82, 2.24) is 20.6 Å². The number of benzene rings is 2. The van der Waals surface area contributed by atoms with Gasteiger partial charge < -0.3 is 4.74 Å². The Morgan fingerprint density at radius 3 is 2.38 bits per heavy atom. The number of nitrogens with zero attached hydrogens (tertiary/aromatic N) is 2.